The molecule has 2 atom stereocenters. The maximum atomic E-state index is 6.22. The van der Waals surface area contributed by atoms with Crippen molar-refractivity contribution in [2.24, 2.45) is 17.1 Å². The van der Waals surface area contributed by atoms with Crippen LogP contribution in [-0.4, -0.2) is 5.54 Å². The van der Waals surface area contributed by atoms with E-state index in [9.17, 15) is 0 Å². The molecule has 0 aromatic rings. The Labute approximate surface area is 76.7 Å². The smallest absolute Gasteiger partial charge is 0.0133 e. The first-order valence-corrected chi connectivity index (χ1v) is 5.13. The van der Waals surface area contributed by atoms with Crippen LogP contribution in [0.15, 0.2) is 0 Å². The average Bonchev–Trinajstić information content (AvgIpc) is 1.80. The molecule has 0 radical (unpaired) electrons. The molecule has 0 unspecified atom stereocenters. The van der Waals surface area contributed by atoms with Crippen LogP contribution in [0, 0.1) is 11.3 Å². The number of hydrogen-bond acceptors (Lipinski definition) is 1. The standard InChI is InChI=1S/C11H23N/c1-5-9-6-10(2,3)8-11(4,12)7-9/h9H,5-8,12H2,1-4H3/t9-,11+/m0/s1. The molecule has 1 nitrogen and oxygen atoms in total. The van der Waals surface area contributed by atoms with Crippen molar-refractivity contribution >= 4 is 0 Å². The molecule has 0 bridgehead atoms. The van der Waals surface area contributed by atoms with Crippen LogP contribution in [0.25, 0.3) is 0 Å². The molecular formula is C11H23N. The third-order valence-electron chi connectivity index (χ3n) is 3.06. The fraction of sp³-hybridized carbons (Fsp3) is 1.00. The first-order valence-electron chi connectivity index (χ1n) is 5.13. The third kappa shape index (κ3) is 2.48. The predicted molar refractivity (Wildman–Crippen MR) is 54.0 cm³/mol. The Bertz CT molecular complexity index is 142. The predicted octanol–water partition coefficient (Wildman–Crippen LogP) is 2.94. The van der Waals surface area contributed by atoms with Crippen molar-refractivity contribution in [1.82, 2.24) is 0 Å². The van der Waals surface area contributed by atoms with Crippen LogP contribution in [0.2, 0.25) is 0 Å². The Balaban J connectivity index is 2.66. The highest BCUT2D eigenvalue weighted by Crippen LogP contribution is 2.43. The van der Waals surface area contributed by atoms with Crippen LogP contribution >= 0.6 is 0 Å². The van der Waals surface area contributed by atoms with Gasteiger partial charge in [-0.1, -0.05) is 27.2 Å². The fourth-order valence-corrected chi connectivity index (χ4v) is 3.04. The lowest BCUT2D eigenvalue weighted by atomic mass is 9.64. The summed E-state index contributed by atoms with van der Waals surface area (Å²) in [6.07, 6.45) is 5.04. The molecule has 1 heteroatoms. The molecular weight excluding hydrogens is 146 g/mol. The van der Waals surface area contributed by atoms with E-state index in [2.05, 4.69) is 27.7 Å². The lowest BCUT2D eigenvalue weighted by Gasteiger charge is -2.44. The minimum atomic E-state index is 0.0857. The summed E-state index contributed by atoms with van der Waals surface area (Å²) in [6, 6.07) is 0. The molecule has 0 aliphatic heterocycles. The van der Waals surface area contributed by atoms with Gasteiger partial charge in [-0.25, -0.2) is 0 Å². The largest absolute Gasteiger partial charge is 0.325 e. The van der Waals surface area contributed by atoms with Crippen molar-refractivity contribution in [3.05, 3.63) is 0 Å². The summed E-state index contributed by atoms with van der Waals surface area (Å²) in [5.74, 6) is 0.851. The van der Waals surface area contributed by atoms with Crippen molar-refractivity contribution in [2.75, 3.05) is 0 Å². The van der Waals surface area contributed by atoms with Crippen molar-refractivity contribution in [3.8, 4) is 0 Å². The molecule has 0 amide bonds. The van der Waals surface area contributed by atoms with Gasteiger partial charge in [0.25, 0.3) is 0 Å². The molecule has 72 valence electrons. The van der Waals surface area contributed by atoms with E-state index in [0.29, 0.717) is 5.41 Å². The molecule has 0 aromatic heterocycles. The highest BCUT2D eigenvalue weighted by atomic mass is 14.7. The van der Waals surface area contributed by atoms with E-state index in [1.165, 1.54) is 25.7 Å². The summed E-state index contributed by atoms with van der Waals surface area (Å²) in [5.41, 5.74) is 6.77. The quantitative estimate of drug-likeness (QED) is 0.641. The van der Waals surface area contributed by atoms with Gasteiger partial charge in [0, 0.05) is 5.54 Å². The highest BCUT2D eigenvalue weighted by Gasteiger charge is 2.37. The van der Waals surface area contributed by atoms with E-state index in [-0.39, 0.29) is 5.54 Å². The molecule has 1 aliphatic carbocycles. The maximum Gasteiger partial charge on any atom is 0.0133 e. The molecule has 0 heterocycles. The van der Waals surface area contributed by atoms with E-state index < -0.39 is 0 Å². The van der Waals surface area contributed by atoms with Gasteiger partial charge in [0.05, 0.1) is 0 Å². The zero-order valence-electron chi connectivity index (χ0n) is 8.98. The van der Waals surface area contributed by atoms with E-state index in [4.69, 9.17) is 5.73 Å². The van der Waals surface area contributed by atoms with Gasteiger partial charge in [-0.2, -0.15) is 0 Å². The van der Waals surface area contributed by atoms with Crippen molar-refractivity contribution in [2.45, 2.75) is 58.9 Å². The monoisotopic (exact) mass is 169 g/mol. The maximum absolute atomic E-state index is 6.22. The van der Waals surface area contributed by atoms with Crippen LogP contribution in [0.4, 0.5) is 0 Å². The van der Waals surface area contributed by atoms with Gasteiger partial charge in [0.15, 0.2) is 0 Å². The first kappa shape index (κ1) is 10.0. The Morgan fingerprint density at radius 3 is 2.25 bits per heavy atom. The van der Waals surface area contributed by atoms with Gasteiger partial charge < -0.3 is 5.73 Å². The summed E-state index contributed by atoms with van der Waals surface area (Å²) >= 11 is 0. The summed E-state index contributed by atoms with van der Waals surface area (Å²) in [7, 11) is 0. The van der Waals surface area contributed by atoms with E-state index in [1.807, 2.05) is 0 Å². The molecule has 1 fully saturated rings. The second-order valence-corrected chi connectivity index (χ2v) is 5.68. The zero-order valence-corrected chi connectivity index (χ0v) is 8.98. The number of nitrogens with two attached hydrogens (primary N) is 1. The van der Waals surface area contributed by atoms with Gasteiger partial charge in [-0.15, -0.1) is 0 Å². The zero-order chi connectivity index (χ0) is 9.41. The van der Waals surface area contributed by atoms with Crippen molar-refractivity contribution < 1.29 is 0 Å². The minimum absolute atomic E-state index is 0.0857. The minimum Gasteiger partial charge on any atom is -0.325 e. The number of rotatable bonds is 1. The van der Waals surface area contributed by atoms with Gasteiger partial charge in [-0.3, -0.25) is 0 Å². The van der Waals surface area contributed by atoms with E-state index in [0.717, 1.165) is 5.92 Å². The lowest BCUT2D eigenvalue weighted by molar-refractivity contribution is 0.108. The van der Waals surface area contributed by atoms with E-state index >= 15 is 0 Å². The molecule has 1 rings (SSSR count). The molecule has 12 heavy (non-hydrogen) atoms. The molecule has 0 aromatic carbocycles. The molecule has 1 saturated carbocycles. The molecule has 0 spiro atoms. The highest BCUT2D eigenvalue weighted by molar-refractivity contribution is 4.94. The van der Waals surface area contributed by atoms with Gasteiger partial charge in [0.2, 0.25) is 0 Å². The fourth-order valence-electron chi connectivity index (χ4n) is 3.04. The Morgan fingerprint density at radius 1 is 1.25 bits per heavy atom. The Hall–Kier alpha value is -0.0400. The summed E-state index contributed by atoms with van der Waals surface area (Å²) in [6.45, 7) is 9.18. The van der Waals surface area contributed by atoms with Gasteiger partial charge >= 0.3 is 0 Å². The van der Waals surface area contributed by atoms with Crippen molar-refractivity contribution in [3.63, 3.8) is 0 Å². The lowest BCUT2D eigenvalue weighted by Crippen LogP contribution is -2.47. The van der Waals surface area contributed by atoms with Crippen LogP contribution in [-0.2, 0) is 0 Å². The number of hydrogen-bond donors (Lipinski definition) is 1. The molecule has 2 N–H and O–H groups in total. The summed E-state index contributed by atoms with van der Waals surface area (Å²) < 4.78 is 0. The summed E-state index contributed by atoms with van der Waals surface area (Å²) in [4.78, 5) is 0. The SMILES string of the molecule is CC[C@H]1CC(C)(C)C[C@](C)(N)C1. The van der Waals surface area contributed by atoms with Gasteiger partial charge in [0.1, 0.15) is 0 Å². The second-order valence-electron chi connectivity index (χ2n) is 5.68. The topological polar surface area (TPSA) is 26.0 Å². The first-order chi connectivity index (χ1) is 5.35. The molecule has 0 saturated heterocycles. The van der Waals surface area contributed by atoms with E-state index in [1.54, 1.807) is 0 Å². The van der Waals surface area contributed by atoms with Crippen LogP contribution in [0.5, 0.6) is 0 Å². The van der Waals surface area contributed by atoms with Crippen LogP contribution in [0.1, 0.15) is 53.4 Å². The second kappa shape index (κ2) is 3.02. The Morgan fingerprint density at radius 2 is 1.83 bits per heavy atom. The normalized spacial score (nSPS) is 41.2. The Kier molecular flexibility index (Phi) is 2.53. The van der Waals surface area contributed by atoms with Gasteiger partial charge in [-0.05, 0) is 37.5 Å². The average molecular weight is 169 g/mol. The molecule has 1 aliphatic rings. The van der Waals surface area contributed by atoms with Crippen LogP contribution < -0.4 is 5.73 Å². The van der Waals surface area contributed by atoms with Crippen molar-refractivity contribution in [1.29, 1.82) is 0 Å². The summed E-state index contributed by atoms with van der Waals surface area (Å²) in [5, 5.41) is 0. The third-order valence-corrected chi connectivity index (χ3v) is 3.06. The van der Waals surface area contributed by atoms with Crippen LogP contribution in [0.3, 0.4) is 0 Å².